The van der Waals surface area contributed by atoms with Crippen molar-refractivity contribution < 1.29 is 29.3 Å². The van der Waals surface area contributed by atoms with E-state index in [2.05, 4.69) is 11.5 Å². The Bertz CT molecular complexity index is 927. The van der Waals surface area contributed by atoms with E-state index in [9.17, 15) is 19.8 Å². The van der Waals surface area contributed by atoms with E-state index in [1.165, 1.54) is 0 Å². The fourth-order valence-corrected chi connectivity index (χ4v) is 7.25. The molecule has 0 aromatic heterocycles. The molecule has 2 aliphatic heterocycles. The molecule has 2 N–H and O–H groups in total. The zero-order chi connectivity index (χ0) is 25.9. The fourth-order valence-electron chi connectivity index (χ4n) is 7.25. The zero-order valence-electron chi connectivity index (χ0n) is 22.5. The van der Waals surface area contributed by atoms with Gasteiger partial charge in [-0.1, -0.05) is 38.3 Å². The average molecular weight is 526 g/mol. The molecule has 3 fully saturated rings. The van der Waals surface area contributed by atoms with Gasteiger partial charge in [0.2, 0.25) is 0 Å². The normalized spacial score (nSPS) is 42.6. The molecular formula is C28H44ClNO6. The highest BCUT2D eigenvalue weighted by molar-refractivity contribution is 5.93. The van der Waals surface area contributed by atoms with E-state index < -0.39 is 51.6 Å². The largest absolute Gasteiger partial charge is 0.454 e. The predicted octanol–water partition coefficient (Wildman–Crippen LogP) is 3.75. The number of nitrogens with zero attached hydrogens (tertiary/aromatic N) is 1. The summed E-state index contributed by atoms with van der Waals surface area (Å²) in [6.07, 6.45) is 6.97. The number of carbonyl (C=O) groups excluding carboxylic acids is 2. The van der Waals surface area contributed by atoms with Gasteiger partial charge in [-0.3, -0.25) is 14.5 Å². The zero-order valence-corrected chi connectivity index (χ0v) is 23.3. The Morgan fingerprint density at radius 1 is 1.19 bits per heavy atom. The highest BCUT2D eigenvalue weighted by atomic mass is 35.5. The van der Waals surface area contributed by atoms with Gasteiger partial charge in [-0.2, -0.15) is 0 Å². The first-order chi connectivity index (χ1) is 16.2. The summed E-state index contributed by atoms with van der Waals surface area (Å²) in [6.45, 7) is 15.0. The van der Waals surface area contributed by atoms with E-state index in [-0.39, 0.29) is 25.4 Å². The van der Waals surface area contributed by atoms with Crippen molar-refractivity contribution >= 4 is 24.2 Å². The maximum atomic E-state index is 13.9. The number of aliphatic hydroxyl groups is 2. The number of ether oxygens (including phenoxy) is 2. The van der Waals surface area contributed by atoms with Crippen molar-refractivity contribution in [1.29, 1.82) is 0 Å². The van der Waals surface area contributed by atoms with Crippen molar-refractivity contribution in [1.82, 2.24) is 4.90 Å². The van der Waals surface area contributed by atoms with Crippen LogP contribution in [0.1, 0.15) is 79.6 Å². The second kappa shape index (κ2) is 9.81. The van der Waals surface area contributed by atoms with E-state index in [1.54, 1.807) is 26.8 Å². The molecule has 8 heteroatoms. The third kappa shape index (κ3) is 4.29. The van der Waals surface area contributed by atoms with E-state index in [4.69, 9.17) is 9.47 Å². The minimum absolute atomic E-state index is 0. The third-order valence-corrected chi connectivity index (χ3v) is 9.43. The van der Waals surface area contributed by atoms with Crippen LogP contribution in [0.2, 0.25) is 0 Å². The second-order valence-electron chi connectivity index (χ2n) is 12.4. The molecule has 2 saturated heterocycles. The van der Waals surface area contributed by atoms with Crippen molar-refractivity contribution in [3.8, 4) is 0 Å². The lowest BCUT2D eigenvalue weighted by Gasteiger charge is -2.66. The topological polar surface area (TPSA) is 96.3 Å². The molecule has 0 aromatic carbocycles. The average Bonchev–Trinajstić information content (AvgIpc) is 3.04. The maximum absolute atomic E-state index is 13.9. The van der Waals surface area contributed by atoms with Gasteiger partial charge in [-0.15, -0.1) is 19.0 Å². The van der Waals surface area contributed by atoms with E-state index >= 15 is 0 Å². The fraction of sp³-hybridized carbons (Fsp3) is 0.786. The van der Waals surface area contributed by atoms with Gasteiger partial charge < -0.3 is 19.7 Å². The van der Waals surface area contributed by atoms with Crippen molar-refractivity contribution in [2.75, 3.05) is 19.6 Å². The molecule has 4 aliphatic rings. The number of halogens is 1. The van der Waals surface area contributed by atoms with Crippen molar-refractivity contribution in [2.24, 2.45) is 10.8 Å². The molecule has 0 bridgehead atoms. The molecule has 204 valence electrons. The van der Waals surface area contributed by atoms with E-state index in [1.807, 2.05) is 19.9 Å². The second-order valence-corrected chi connectivity index (χ2v) is 12.4. The van der Waals surface area contributed by atoms with Crippen LogP contribution in [-0.4, -0.2) is 75.5 Å². The molecule has 36 heavy (non-hydrogen) atoms. The van der Waals surface area contributed by atoms with Crippen LogP contribution >= 0.6 is 12.4 Å². The van der Waals surface area contributed by atoms with Gasteiger partial charge >= 0.3 is 5.97 Å². The number of fused-ring (bicyclic) bond motifs is 3. The standard InChI is InChI=1S/C28H43NO6.ClH/c1-7-25(4)17-21(31)28(33)26(5)19(24(2,3)13-12-20(26)30)16-22(27(28,6)35-25)34-23(32)18-29-14-10-8-9-11-15-29;/h7,16,20,22,30,33H,1,8-15,17-18H2,2-6H3;1H/t20-,22-,25-,26+,27+,28-;/m0./s1. The molecule has 1 saturated carbocycles. The van der Waals surface area contributed by atoms with Crippen molar-refractivity contribution in [2.45, 2.75) is 109 Å². The molecule has 2 heterocycles. The summed E-state index contributed by atoms with van der Waals surface area (Å²) in [6, 6.07) is 0. The molecule has 0 amide bonds. The summed E-state index contributed by atoms with van der Waals surface area (Å²) in [5.41, 5.74) is -5.67. The molecule has 0 radical (unpaired) electrons. The lowest BCUT2D eigenvalue weighted by atomic mass is 9.44. The first-order valence-corrected chi connectivity index (χ1v) is 13.2. The van der Waals surface area contributed by atoms with Gasteiger partial charge in [-0.25, -0.2) is 0 Å². The SMILES string of the molecule is C=C[C@@]1(C)CC(=O)[C@@]2(O)[C@](C)(O1)[C@@H](OC(=O)CN1CCCCCC1)C=C1C(C)(C)CC[C@H](O)[C@@]12C.Cl. The minimum Gasteiger partial charge on any atom is -0.454 e. The number of carbonyl (C=O) groups is 2. The van der Waals surface area contributed by atoms with Crippen LogP contribution in [0.4, 0.5) is 0 Å². The Labute approximate surface area is 221 Å². The number of rotatable bonds is 4. The number of ketones is 1. The summed E-state index contributed by atoms with van der Waals surface area (Å²) >= 11 is 0. The summed E-state index contributed by atoms with van der Waals surface area (Å²) < 4.78 is 12.6. The van der Waals surface area contributed by atoms with Crippen LogP contribution in [0.15, 0.2) is 24.3 Å². The first-order valence-electron chi connectivity index (χ1n) is 13.2. The Hall–Kier alpha value is -1.25. The number of hydrogen-bond acceptors (Lipinski definition) is 7. The molecule has 0 unspecified atom stereocenters. The highest BCUT2D eigenvalue weighted by Crippen LogP contribution is 2.64. The van der Waals surface area contributed by atoms with Gasteiger partial charge in [0.15, 0.2) is 17.5 Å². The van der Waals surface area contributed by atoms with Crippen LogP contribution < -0.4 is 0 Å². The molecule has 0 spiro atoms. The van der Waals surface area contributed by atoms with Crippen molar-refractivity contribution in [3.63, 3.8) is 0 Å². The minimum atomic E-state index is -2.09. The Kier molecular flexibility index (Phi) is 7.99. The van der Waals surface area contributed by atoms with Gasteiger partial charge in [0.25, 0.3) is 0 Å². The Morgan fingerprint density at radius 2 is 1.81 bits per heavy atom. The van der Waals surface area contributed by atoms with Crippen LogP contribution in [0.25, 0.3) is 0 Å². The van der Waals surface area contributed by atoms with Crippen LogP contribution in [0, 0.1) is 10.8 Å². The molecule has 2 aliphatic carbocycles. The van der Waals surface area contributed by atoms with Crippen LogP contribution in [-0.2, 0) is 19.1 Å². The Morgan fingerprint density at radius 3 is 2.39 bits per heavy atom. The number of Topliss-reactive ketones (excluding diaryl/α,β-unsaturated/α-hetero) is 1. The summed E-state index contributed by atoms with van der Waals surface area (Å²) in [5, 5.41) is 23.7. The molecule has 7 nitrogen and oxygen atoms in total. The number of aliphatic hydroxyl groups excluding tert-OH is 1. The van der Waals surface area contributed by atoms with E-state index in [0.717, 1.165) is 44.3 Å². The quantitative estimate of drug-likeness (QED) is 0.426. The summed E-state index contributed by atoms with van der Waals surface area (Å²) in [5.74, 6) is -0.830. The maximum Gasteiger partial charge on any atom is 0.320 e. The van der Waals surface area contributed by atoms with Crippen molar-refractivity contribution in [3.05, 3.63) is 24.3 Å². The number of hydrogen-bond donors (Lipinski definition) is 2. The van der Waals surface area contributed by atoms with Gasteiger partial charge in [-0.05, 0) is 71.0 Å². The Balaban J connectivity index is 0.00000361. The van der Waals surface area contributed by atoms with Gasteiger partial charge in [0.1, 0.15) is 5.60 Å². The lowest BCUT2D eigenvalue weighted by molar-refractivity contribution is -0.305. The molecule has 4 rings (SSSR count). The smallest absolute Gasteiger partial charge is 0.320 e. The van der Waals surface area contributed by atoms with Gasteiger partial charge in [0.05, 0.1) is 23.7 Å². The summed E-state index contributed by atoms with van der Waals surface area (Å²) in [4.78, 5) is 29.2. The lowest BCUT2D eigenvalue weighted by Crippen LogP contribution is -2.81. The third-order valence-electron chi connectivity index (χ3n) is 9.43. The predicted molar refractivity (Wildman–Crippen MR) is 140 cm³/mol. The van der Waals surface area contributed by atoms with E-state index in [0.29, 0.717) is 12.8 Å². The number of likely N-dealkylation sites (tertiary alicyclic amines) is 1. The van der Waals surface area contributed by atoms with Crippen LogP contribution in [0.3, 0.4) is 0 Å². The number of esters is 1. The molecular weight excluding hydrogens is 482 g/mol. The highest BCUT2D eigenvalue weighted by Gasteiger charge is 2.76. The van der Waals surface area contributed by atoms with Crippen LogP contribution in [0.5, 0.6) is 0 Å². The molecule has 0 aromatic rings. The first kappa shape index (κ1) is 29.3. The summed E-state index contributed by atoms with van der Waals surface area (Å²) in [7, 11) is 0. The molecule has 6 atom stereocenters. The van der Waals surface area contributed by atoms with Gasteiger partial charge in [0, 0.05) is 6.42 Å². The monoisotopic (exact) mass is 525 g/mol.